The molecule has 9 heteroatoms. The van der Waals surface area contributed by atoms with Crippen LogP contribution in [0.15, 0.2) is 39.4 Å². The molecule has 0 radical (unpaired) electrons. The number of imide groups is 1. The smallest absolute Gasteiger partial charge is 0.272 e. The fourth-order valence-electron chi connectivity index (χ4n) is 1.82. The van der Waals surface area contributed by atoms with Crippen molar-refractivity contribution in [2.45, 2.75) is 6.42 Å². The average molecular weight is 458 g/mol. The highest BCUT2D eigenvalue weighted by atomic mass is 79.9. The summed E-state index contributed by atoms with van der Waals surface area (Å²) < 4.78 is 1.41. The number of rotatable bonds is 5. The number of nitrogens with two attached hydrogens (primary N) is 1. The molecule has 2 aromatic rings. The summed E-state index contributed by atoms with van der Waals surface area (Å²) in [7, 11) is 0. The second-order valence-corrected chi connectivity index (χ2v) is 6.44. The number of hydrogen-bond acceptors (Lipinski definition) is 4. The first kappa shape index (κ1) is 18.4. The van der Waals surface area contributed by atoms with E-state index in [0.717, 1.165) is 4.47 Å². The number of carbonyl (C=O) groups is 3. The van der Waals surface area contributed by atoms with Crippen molar-refractivity contribution in [1.29, 1.82) is 0 Å². The molecule has 5 N–H and O–H groups in total. The van der Waals surface area contributed by atoms with Gasteiger partial charge in [0.15, 0.2) is 0 Å². The number of aromatic nitrogens is 1. The Balaban J connectivity index is 2.00. The number of benzene rings is 1. The lowest BCUT2D eigenvalue weighted by atomic mass is 10.2. The van der Waals surface area contributed by atoms with E-state index in [0.29, 0.717) is 21.5 Å². The summed E-state index contributed by atoms with van der Waals surface area (Å²) in [5.74, 6) is -1.26. The summed E-state index contributed by atoms with van der Waals surface area (Å²) in [5.41, 5.74) is 6.45. The van der Waals surface area contributed by atoms with Gasteiger partial charge in [-0.2, -0.15) is 0 Å². The van der Waals surface area contributed by atoms with Gasteiger partial charge in [0.2, 0.25) is 5.91 Å². The number of nitrogens with one attached hydrogen (secondary N) is 3. The second kappa shape index (κ2) is 8.22. The Bertz CT molecular complexity index is 752. The Kier molecular flexibility index (Phi) is 6.29. The second-order valence-electron chi connectivity index (χ2n) is 4.79. The third-order valence-corrected chi connectivity index (χ3v) is 4.78. The number of H-pyrrole nitrogens is 1. The molecule has 0 atom stereocenters. The summed E-state index contributed by atoms with van der Waals surface area (Å²) in [5, 5.41) is 4.93. The lowest BCUT2D eigenvalue weighted by Gasteiger charge is -2.06. The first-order chi connectivity index (χ1) is 11.4. The van der Waals surface area contributed by atoms with E-state index in [4.69, 9.17) is 5.73 Å². The first-order valence-electron chi connectivity index (χ1n) is 6.90. The minimum absolute atomic E-state index is 0.0845. The van der Waals surface area contributed by atoms with Crippen molar-refractivity contribution < 1.29 is 14.4 Å². The fraction of sp³-hybridized carbons (Fsp3) is 0.133. The lowest BCUT2D eigenvalue weighted by Crippen LogP contribution is -2.31. The van der Waals surface area contributed by atoms with Gasteiger partial charge in [-0.1, -0.05) is 0 Å². The van der Waals surface area contributed by atoms with Crippen LogP contribution in [0.5, 0.6) is 0 Å². The number of halogens is 2. The van der Waals surface area contributed by atoms with E-state index in [1.54, 1.807) is 18.2 Å². The van der Waals surface area contributed by atoms with Crippen molar-refractivity contribution in [1.82, 2.24) is 10.3 Å². The van der Waals surface area contributed by atoms with E-state index in [1.807, 2.05) is 0 Å². The van der Waals surface area contributed by atoms with Gasteiger partial charge in [-0.25, -0.2) is 0 Å². The van der Waals surface area contributed by atoms with E-state index < -0.39 is 11.8 Å². The molecule has 0 saturated heterocycles. The van der Waals surface area contributed by atoms with E-state index in [9.17, 15) is 14.4 Å². The van der Waals surface area contributed by atoms with Crippen LogP contribution in [-0.4, -0.2) is 29.3 Å². The molecule has 0 fully saturated rings. The molecule has 0 saturated carbocycles. The maximum Gasteiger partial charge on any atom is 0.272 e. The quantitative estimate of drug-likeness (QED) is 0.551. The summed E-state index contributed by atoms with van der Waals surface area (Å²) in [6.07, 6.45) is 0.0845. The largest absolute Gasteiger partial charge is 0.344 e. The summed E-state index contributed by atoms with van der Waals surface area (Å²) in [6.45, 7) is 0.176. The monoisotopic (exact) mass is 456 g/mol. The van der Waals surface area contributed by atoms with Crippen molar-refractivity contribution in [3.8, 4) is 0 Å². The maximum atomic E-state index is 12.1. The third-order valence-electron chi connectivity index (χ3n) is 3.00. The Hall–Kier alpha value is -1.97. The van der Waals surface area contributed by atoms with Gasteiger partial charge in [0.25, 0.3) is 11.8 Å². The van der Waals surface area contributed by atoms with Crippen LogP contribution in [0, 0.1) is 0 Å². The molecular formula is C15H14Br2N4O3. The summed E-state index contributed by atoms with van der Waals surface area (Å²) >= 11 is 6.55. The van der Waals surface area contributed by atoms with Crippen molar-refractivity contribution in [3.63, 3.8) is 0 Å². The molecule has 0 spiro atoms. The molecule has 2 rings (SSSR count). The molecule has 1 heterocycles. The van der Waals surface area contributed by atoms with Crippen molar-refractivity contribution >= 4 is 55.3 Å². The predicted octanol–water partition coefficient (Wildman–Crippen LogP) is 2.40. The molecule has 24 heavy (non-hydrogen) atoms. The highest BCUT2D eigenvalue weighted by Gasteiger charge is 2.13. The Morgan fingerprint density at radius 2 is 1.75 bits per heavy atom. The number of carbonyl (C=O) groups excluding carboxylic acids is 3. The normalized spacial score (nSPS) is 10.3. The molecule has 7 nitrogen and oxygen atoms in total. The molecule has 3 amide bonds. The minimum atomic E-state index is -0.511. The standard InChI is InChI=1S/C15H14Br2N4O3/c16-10-7-11(20-13(10)17)15(24)19-9-3-1-8(2-4-9)14(23)21-12(22)5-6-18/h1-4,7,20H,5-6,18H2,(H,19,24)(H,21,22,23). The number of amides is 3. The van der Waals surface area contributed by atoms with Crippen LogP contribution in [0.4, 0.5) is 5.69 Å². The Morgan fingerprint density at radius 3 is 2.29 bits per heavy atom. The van der Waals surface area contributed by atoms with Crippen LogP contribution in [0.25, 0.3) is 0 Å². The average Bonchev–Trinajstić information content (AvgIpc) is 2.87. The highest BCUT2D eigenvalue weighted by molar-refractivity contribution is 9.13. The van der Waals surface area contributed by atoms with Gasteiger partial charge in [0.05, 0.1) is 9.08 Å². The molecule has 0 aliphatic heterocycles. The van der Waals surface area contributed by atoms with E-state index in [-0.39, 0.29) is 18.9 Å². The van der Waals surface area contributed by atoms with Crippen LogP contribution in [0.3, 0.4) is 0 Å². The molecule has 0 aliphatic rings. The summed E-state index contributed by atoms with van der Waals surface area (Å²) in [4.78, 5) is 38.2. The lowest BCUT2D eigenvalue weighted by molar-refractivity contribution is -0.119. The van der Waals surface area contributed by atoms with E-state index >= 15 is 0 Å². The molecule has 1 aromatic heterocycles. The van der Waals surface area contributed by atoms with Crippen molar-refractivity contribution in [2.75, 3.05) is 11.9 Å². The minimum Gasteiger partial charge on any atom is -0.344 e. The molecule has 0 unspecified atom stereocenters. The topological polar surface area (TPSA) is 117 Å². The zero-order valence-electron chi connectivity index (χ0n) is 12.4. The predicted molar refractivity (Wildman–Crippen MR) is 96.7 cm³/mol. The molecule has 1 aromatic carbocycles. The number of anilines is 1. The van der Waals surface area contributed by atoms with Gasteiger partial charge in [-0.3, -0.25) is 19.7 Å². The fourth-order valence-corrected chi connectivity index (χ4v) is 2.48. The van der Waals surface area contributed by atoms with Crippen LogP contribution >= 0.6 is 31.9 Å². The molecule has 0 bridgehead atoms. The highest BCUT2D eigenvalue weighted by Crippen LogP contribution is 2.23. The Morgan fingerprint density at radius 1 is 1.08 bits per heavy atom. The molecule has 126 valence electrons. The van der Waals surface area contributed by atoms with Crippen LogP contribution in [-0.2, 0) is 4.79 Å². The summed E-state index contributed by atoms with van der Waals surface area (Å²) in [6, 6.07) is 7.83. The molecule has 0 aliphatic carbocycles. The van der Waals surface area contributed by atoms with Gasteiger partial charge >= 0.3 is 0 Å². The number of hydrogen-bond donors (Lipinski definition) is 4. The van der Waals surface area contributed by atoms with Crippen LogP contribution in [0.1, 0.15) is 27.3 Å². The number of aromatic amines is 1. The first-order valence-corrected chi connectivity index (χ1v) is 8.49. The Labute approximate surface area is 154 Å². The van der Waals surface area contributed by atoms with Crippen LogP contribution in [0.2, 0.25) is 0 Å². The third kappa shape index (κ3) is 4.76. The van der Waals surface area contributed by atoms with Gasteiger partial charge in [-0.15, -0.1) is 0 Å². The van der Waals surface area contributed by atoms with Gasteiger partial charge in [-0.05, 0) is 62.2 Å². The van der Waals surface area contributed by atoms with Gasteiger partial charge < -0.3 is 16.0 Å². The zero-order chi connectivity index (χ0) is 17.7. The van der Waals surface area contributed by atoms with Crippen molar-refractivity contribution in [3.05, 3.63) is 50.7 Å². The SMILES string of the molecule is NCCC(=O)NC(=O)c1ccc(NC(=O)c2cc(Br)c(Br)[nH]2)cc1. The van der Waals surface area contributed by atoms with Gasteiger partial charge in [0, 0.05) is 24.2 Å². The van der Waals surface area contributed by atoms with Gasteiger partial charge in [0.1, 0.15) is 5.69 Å². The maximum absolute atomic E-state index is 12.1. The van der Waals surface area contributed by atoms with E-state index in [2.05, 4.69) is 47.5 Å². The van der Waals surface area contributed by atoms with E-state index in [1.165, 1.54) is 12.1 Å². The van der Waals surface area contributed by atoms with Crippen LogP contribution < -0.4 is 16.4 Å². The molecular weight excluding hydrogens is 444 g/mol. The van der Waals surface area contributed by atoms with Crippen molar-refractivity contribution in [2.24, 2.45) is 5.73 Å². The zero-order valence-corrected chi connectivity index (χ0v) is 15.5.